The first-order chi connectivity index (χ1) is 8.10. The minimum atomic E-state index is -0.167. The Morgan fingerprint density at radius 1 is 1.41 bits per heavy atom. The van der Waals surface area contributed by atoms with Crippen LogP contribution in [0.4, 0.5) is 0 Å². The molecule has 0 aromatic carbocycles. The van der Waals surface area contributed by atoms with Crippen molar-refractivity contribution in [3.8, 4) is 0 Å². The number of hydrogen-bond donors (Lipinski definition) is 1. The number of carbonyl (C=O) groups excluding carboxylic acids is 1. The first-order valence-corrected chi connectivity index (χ1v) is 6.38. The van der Waals surface area contributed by atoms with Crippen LogP contribution in [-0.2, 0) is 9.53 Å². The number of rotatable bonds is 4. The van der Waals surface area contributed by atoms with Gasteiger partial charge < -0.3 is 10.1 Å². The molecule has 0 aromatic heterocycles. The highest BCUT2D eigenvalue weighted by molar-refractivity contribution is 6.35. The van der Waals surface area contributed by atoms with E-state index in [1.165, 1.54) is 7.11 Å². The van der Waals surface area contributed by atoms with Crippen LogP contribution >= 0.6 is 23.2 Å². The van der Waals surface area contributed by atoms with Crippen molar-refractivity contribution in [3.63, 3.8) is 0 Å². The quantitative estimate of drug-likeness (QED) is 0.487. The number of carbonyl (C=O) groups is 1. The summed E-state index contributed by atoms with van der Waals surface area (Å²) in [5.74, 6) is 0.187. The second-order valence-electron chi connectivity index (χ2n) is 4.05. The van der Waals surface area contributed by atoms with E-state index < -0.39 is 0 Å². The molecule has 5 heteroatoms. The third kappa shape index (κ3) is 4.02. The van der Waals surface area contributed by atoms with E-state index in [0.717, 1.165) is 12.1 Å². The van der Waals surface area contributed by atoms with Gasteiger partial charge in [-0.05, 0) is 13.0 Å². The van der Waals surface area contributed by atoms with Crippen molar-refractivity contribution < 1.29 is 9.53 Å². The molecule has 0 spiro atoms. The summed E-state index contributed by atoms with van der Waals surface area (Å²) in [7, 11) is 1.42. The van der Waals surface area contributed by atoms with E-state index in [9.17, 15) is 4.79 Å². The molecule has 1 aliphatic rings. The number of methoxy groups -OCH3 is 1. The van der Waals surface area contributed by atoms with Gasteiger partial charge in [0.2, 0.25) is 0 Å². The monoisotopic (exact) mass is 277 g/mol. The molecule has 1 heterocycles. The molecule has 0 aromatic rings. The Kier molecular flexibility index (Phi) is 6.03. The lowest BCUT2D eigenvalue weighted by Crippen LogP contribution is -2.24. The summed E-state index contributed by atoms with van der Waals surface area (Å²) in [4.78, 5) is 11.6. The zero-order valence-electron chi connectivity index (χ0n) is 10.0. The van der Waals surface area contributed by atoms with Crippen LogP contribution in [0.3, 0.4) is 0 Å². The highest BCUT2D eigenvalue weighted by Gasteiger charge is 2.34. The number of allylic oxidation sites excluding steroid dienone is 3. The third-order valence-corrected chi connectivity index (χ3v) is 3.64. The van der Waals surface area contributed by atoms with E-state index in [1.807, 2.05) is 13.0 Å². The Balaban J connectivity index is 2.74. The molecular weight excluding hydrogens is 261 g/mol. The smallest absolute Gasteiger partial charge is 0.310 e. The van der Waals surface area contributed by atoms with Crippen LogP contribution in [0.5, 0.6) is 0 Å². The molecule has 0 amide bonds. The van der Waals surface area contributed by atoms with E-state index in [1.54, 1.807) is 6.08 Å². The normalized spacial score (nSPS) is 26.1. The summed E-state index contributed by atoms with van der Waals surface area (Å²) in [6.45, 7) is 3.44. The Bertz CT molecular complexity index is 339. The zero-order chi connectivity index (χ0) is 12.8. The fourth-order valence-electron chi connectivity index (χ4n) is 1.95. The third-order valence-electron chi connectivity index (χ3n) is 2.96. The average molecular weight is 278 g/mol. The molecule has 17 heavy (non-hydrogen) atoms. The molecule has 1 aliphatic heterocycles. The lowest BCUT2D eigenvalue weighted by atomic mass is 9.89. The second-order valence-corrected chi connectivity index (χ2v) is 4.80. The number of ether oxygens (including phenoxy) is 1. The molecule has 3 nitrogen and oxygen atoms in total. The van der Waals surface area contributed by atoms with E-state index in [-0.39, 0.29) is 17.8 Å². The van der Waals surface area contributed by atoms with Gasteiger partial charge in [0.15, 0.2) is 0 Å². The predicted molar refractivity (Wildman–Crippen MR) is 70.3 cm³/mol. The van der Waals surface area contributed by atoms with Gasteiger partial charge in [-0.3, -0.25) is 4.79 Å². The second kappa shape index (κ2) is 7.04. The lowest BCUT2D eigenvalue weighted by molar-refractivity contribution is -0.145. The molecule has 1 rings (SSSR count). The van der Waals surface area contributed by atoms with E-state index in [0.29, 0.717) is 17.5 Å². The Morgan fingerprint density at radius 2 is 2.06 bits per heavy atom. The molecule has 2 unspecified atom stereocenters. The SMILES string of the molecule is COC(=O)C1CNCC1C(C)=CC=C(Cl)CCl. The van der Waals surface area contributed by atoms with Crippen LogP contribution in [0.1, 0.15) is 6.92 Å². The minimum Gasteiger partial charge on any atom is -0.469 e. The molecule has 0 aliphatic carbocycles. The van der Waals surface area contributed by atoms with Crippen LogP contribution in [-0.4, -0.2) is 32.0 Å². The van der Waals surface area contributed by atoms with Crippen LogP contribution < -0.4 is 5.32 Å². The summed E-state index contributed by atoms with van der Waals surface area (Å²) in [6, 6.07) is 0. The maximum atomic E-state index is 11.6. The summed E-state index contributed by atoms with van der Waals surface area (Å²) in [5.41, 5.74) is 1.11. The van der Waals surface area contributed by atoms with Gasteiger partial charge in [0.05, 0.1) is 18.9 Å². The van der Waals surface area contributed by atoms with E-state index in [4.69, 9.17) is 27.9 Å². The predicted octanol–water partition coefficient (Wildman–Crippen LogP) is 2.30. The highest BCUT2D eigenvalue weighted by atomic mass is 35.5. The van der Waals surface area contributed by atoms with Crippen LogP contribution in [0, 0.1) is 11.8 Å². The van der Waals surface area contributed by atoms with Gasteiger partial charge in [0, 0.05) is 24.0 Å². The van der Waals surface area contributed by atoms with Crippen LogP contribution in [0.15, 0.2) is 22.8 Å². The van der Waals surface area contributed by atoms with Gasteiger partial charge in [0.1, 0.15) is 0 Å². The summed E-state index contributed by atoms with van der Waals surface area (Å²) >= 11 is 11.4. The first kappa shape index (κ1) is 14.6. The van der Waals surface area contributed by atoms with Crippen molar-refractivity contribution in [1.82, 2.24) is 5.32 Å². The van der Waals surface area contributed by atoms with Gasteiger partial charge in [-0.2, -0.15) is 0 Å². The Morgan fingerprint density at radius 3 is 2.65 bits per heavy atom. The number of hydrogen-bond acceptors (Lipinski definition) is 3. The van der Waals surface area contributed by atoms with Crippen molar-refractivity contribution >= 4 is 29.2 Å². The molecule has 2 atom stereocenters. The van der Waals surface area contributed by atoms with Gasteiger partial charge in [-0.15, -0.1) is 11.6 Å². The van der Waals surface area contributed by atoms with Crippen LogP contribution in [0.2, 0.25) is 0 Å². The molecule has 1 N–H and O–H groups in total. The molecular formula is C12H17Cl2NO2. The van der Waals surface area contributed by atoms with Gasteiger partial charge >= 0.3 is 5.97 Å². The highest BCUT2D eigenvalue weighted by Crippen LogP contribution is 2.25. The molecule has 0 bridgehead atoms. The average Bonchev–Trinajstić information content (AvgIpc) is 2.83. The number of nitrogens with one attached hydrogen (secondary N) is 1. The van der Waals surface area contributed by atoms with Gasteiger partial charge in [0.25, 0.3) is 0 Å². The van der Waals surface area contributed by atoms with Gasteiger partial charge in [-0.1, -0.05) is 23.3 Å². The number of halogens is 2. The fraction of sp³-hybridized carbons (Fsp3) is 0.583. The summed E-state index contributed by atoms with van der Waals surface area (Å²) < 4.78 is 4.79. The van der Waals surface area contributed by atoms with Crippen molar-refractivity contribution in [1.29, 1.82) is 0 Å². The number of esters is 1. The summed E-state index contributed by atoms with van der Waals surface area (Å²) in [6.07, 6.45) is 3.69. The standard InChI is InChI=1S/C12H17Cl2NO2/c1-8(3-4-9(14)5-13)10-6-15-7-11(10)12(16)17-2/h3-4,10-11,15H,5-7H2,1-2H3. The van der Waals surface area contributed by atoms with Crippen molar-refractivity contribution in [3.05, 3.63) is 22.8 Å². The molecule has 0 saturated carbocycles. The molecule has 1 saturated heterocycles. The number of alkyl halides is 1. The zero-order valence-corrected chi connectivity index (χ0v) is 11.5. The van der Waals surface area contributed by atoms with Crippen molar-refractivity contribution in [2.24, 2.45) is 11.8 Å². The van der Waals surface area contributed by atoms with Crippen molar-refractivity contribution in [2.45, 2.75) is 6.92 Å². The fourth-order valence-corrected chi connectivity index (χ4v) is 2.10. The summed E-state index contributed by atoms with van der Waals surface area (Å²) in [5, 5.41) is 3.79. The maximum absolute atomic E-state index is 11.6. The minimum absolute atomic E-state index is 0.112. The topological polar surface area (TPSA) is 38.3 Å². The molecule has 96 valence electrons. The van der Waals surface area contributed by atoms with E-state index >= 15 is 0 Å². The molecule has 0 radical (unpaired) electrons. The van der Waals surface area contributed by atoms with E-state index in [2.05, 4.69) is 5.32 Å². The van der Waals surface area contributed by atoms with Crippen LogP contribution in [0.25, 0.3) is 0 Å². The largest absolute Gasteiger partial charge is 0.469 e. The first-order valence-electron chi connectivity index (χ1n) is 5.47. The van der Waals surface area contributed by atoms with Crippen molar-refractivity contribution in [2.75, 3.05) is 26.1 Å². The van der Waals surface area contributed by atoms with Gasteiger partial charge in [-0.25, -0.2) is 0 Å². The molecule has 1 fully saturated rings. The lowest BCUT2D eigenvalue weighted by Gasteiger charge is -2.16. The maximum Gasteiger partial charge on any atom is 0.310 e. The Hall–Kier alpha value is -0.510. The Labute approximate surface area is 112 Å².